The molecule has 1 amide bonds. The highest BCUT2D eigenvalue weighted by atomic mass is 32.1. The Morgan fingerprint density at radius 3 is 2.65 bits per heavy atom. The van der Waals surface area contributed by atoms with E-state index in [0.717, 1.165) is 66.0 Å². The van der Waals surface area contributed by atoms with Crippen molar-refractivity contribution in [2.24, 2.45) is 0 Å². The van der Waals surface area contributed by atoms with Crippen LogP contribution in [0.5, 0.6) is 0 Å². The van der Waals surface area contributed by atoms with Crippen LogP contribution in [0.2, 0.25) is 0 Å². The van der Waals surface area contributed by atoms with Gasteiger partial charge in [0.05, 0.1) is 16.8 Å². The molecule has 0 N–H and O–H groups in total. The smallest absolute Gasteiger partial charge is 0.254 e. The van der Waals surface area contributed by atoms with Crippen molar-refractivity contribution in [3.05, 3.63) is 52.2 Å². The lowest BCUT2D eigenvalue weighted by Gasteiger charge is -2.34. The summed E-state index contributed by atoms with van der Waals surface area (Å²) in [7, 11) is 0. The molecule has 4 nitrogen and oxygen atoms in total. The molecule has 26 heavy (non-hydrogen) atoms. The molecule has 1 saturated heterocycles. The number of pyridine rings is 1. The summed E-state index contributed by atoms with van der Waals surface area (Å²) in [6.45, 7) is 8.74. The Balaban J connectivity index is 1.77. The van der Waals surface area contributed by atoms with E-state index in [0.29, 0.717) is 0 Å². The summed E-state index contributed by atoms with van der Waals surface area (Å²) in [5.41, 5.74) is 4.74. The number of carbonyl (C=O) groups is 1. The molecule has 0 bridgehead atoms. The number of nitrogens with zero attached hydrogens (tertiary/aromatic N) is 3. The number of thiophene rings is 1. The van der Waals surface area contributed by atoms with E-state index in [1.54, 1.807) is 11.3 Å². The van der Waals surface area contributed by atoms with Crippen molar-refractivity contribution in [3.63, 3.8) is 0 Å². The van der Waals surface area contributed by atoms with Crippen molar-refractivity contribution in [1.82, 2.24) is 14.8 Å². The van der Waals surface area contributed by atoms with E-state index in [-0.39, 0.29) is 5.91 Å². The van der Waals surface area contributed by atoms with Gasteiger partial charge in [-0.1, -0.05) is 18.6 Å². The summed E-state index contributed by atoms with van der Waals surface area (Å²) < 4.78 is 0. The van der Waals surface area contributed by atoms with Crippen LogP contribution in [-0.2, 0) is 0 Å². The molecule has 0 unspecified atom stereocenters. The SMILES string of the molecule is CCN1CCN(C(=O)c2cc(-c3ccsc3)nc3ccc(C)cc23)CC1. The number of piperazine rings is 1. The summed E-state index contributed by atoms with van der Waals surface area (Å²) >= 11 is 1.65. The number of rotatable bonds is 3. The van der Waals surface area contributed by atoms with Gasteiger partial charge in [0.15, 0.2) is 0 Å². The van der Waals surface area contributed by atoms with Crippen LogP contribution in [0.25, 0.3) is 22.2 Å². The Morgan fingerprint density at radius 1 is 1.15 bits per heavy atom. The third-order valence-electron chi connectivity index (χ3n) is 5.12. The van der Waals surface area contributed by atoms with E-state index < -0.39 is 0 Å². The molecule has 1 fully saturated rings. The molecule has 134 valence electrons. The van der Waals surface area contributed by atoms with Gasteiger partial charge in [-0.05, 0) is 43.1 Å². The van der Waals surface area contributed by atoms with Crippen molar-refractivity contribution in [2.75, 3.05) is 32.7 Å². The molecule has 5 heteroatoms. The zero-order valence-corrected chi connectivity index (χ0v) is 16.1. The van der Waals surface area contributed by atoms with Crippen LogP contribution in [0.4, 0.5) is 0 Å². The number of likely N-dealkylation sites (N-methyl/N-ethyl adjacent to an activating group) is 1. The van der Waals surface area contributed by atoms with Crippen LogP contribution in [0.15, 0.2) is 41.1 Å². The van der Waals surface area contributed by atoms with Crippen molar-refractivity contribution >= 4 is 28.1 Å². The molecule has 1 aliphatic rings. The van der Waals surface area contributed by atoms with Crippen molar-refractivity contribution in [3.8, 4) is 11.3 Å². The number of fused-ring (bicyclic) bond motifs is 1. The number of benzene rings is 1. The highest BCUT2D eigenvalue weighted by molar-refractivity contribution is 7.08. The van der Waals surface area contributed by atoms with Gasteiger partial charge in [0.2, 0.25) is 0 Å². The molecule has 0 aliphatic carbocycles. The van der Waals surface area contributed by atoms with E-state index >= 15 is 0 Å². The normalized spacial score (nSPS) is 15.5. The van der Waals surface area contributed by atoms with E-state index in [9.17, 15) is 4.79 Å². The van der Waals surface area contributed by atoms with Crippen molar-refractivity contribution in [2.45, 2.75) is 13.8 Å². The first kappa shape index (κ1) is 17.2. The van der Waals surface area contributed by atoms with Gasteiger partial charge < -0.3 is 9.80 Å². The largest absolute Gasteiger partial charge is 0.336 e. The number of aromatic nitrogens is 1. The summed E-state index contributed by atoms with van der Waals surface area (Å²) in [6, 6.07) is 10.2. The van der Waals surface area contributed by atoms with Crippen LogP contribution in [-0.4, -0.2) is 53.4 Å². The minimum absolute atomic E-state index is 0.121. The third kappa shape index (κ3) is 3.24. The fourth-order valence-corrected chi connectivity index (χ4v) is 4.16. The maximum Gasteiger partial charge on any atom is 0.254 e. The minimum Gasteiger partial charge on any atom is -0.336 e. The van der Waals surface area contributed by atoms with E-state index in [1.807, 2.05) is 22.4 Å². The van der Waals surface area contributed by atoms with Crippen LogP contribution in [0.1, 0.15) is 22.8 Å². The topological polar surface area (TPSA) is 36.4 Å². The zero-order valence-electron chi connectivity index (χ0n) is 15.2. The molecule has 2 aromatic heterocycles. The van der Waals surface area contributed by atoms with E-state index in [4.69, 9.17) is 4.98 Å². The average molecular weight is 366 g/mol. The standard InChI is InChI=1S/C21H23N3OS/c1-3-23-7-9-24(10-8-23)21(25)18-13-20(16-6-11-26-14-16)22-19-5-4-15(2)12-17(18)19/h4-6,11-14H,3,7-10H2,1-2H3. The lowest BCUT2D eigenvalue weighted by molar-refractivity contribution is 0.0645. The van der Waals surface area contributed by atoms with Gasteiger partial charge in [-0.15, -0.1) is 0 Å². The summed E-state index contributed by atoms with van der Waals surface area (Å²) in [4.78, 5) is 22.5. The first-order valence-corrected chi connectivity index (χ1v) is 10.1. The first-order chi connectivity index (χ1) is 12.7. The second-order valence-electron chi connectivity index (χ2n) is 6.81. The molecular weight excluding hydrogens is 342 g/mol. The number of aryl methyl sites for hydroxylation is 1. The molecule has 3 heterocycles. The fourth-order valence-electron chi connectivity index (χ4n) is 3.51. The molecule has 1 aromatic carbocycles. The molecule has 1 aliphatic heterocycles. The molecule has 0 spiro atoms. The first-order valence-electron chi connectivity index (χ1n) is 9.11. The van der Waals surface area contributed by atoms with Gasteiger partial charge in [-0.25, -0.2) is 4.98 Å². The minimum atomic E-state index is 0.121. The average Bonchev–Trinajstić information content (AvgIpc) is 3.21. The second kappa shape index (κ2) is 7.17. The van der Waals surface area contributed by atoms with Gasteiger partial charge in [-0.3, -0.25) is 4.79 Å². The highest BCUT2D eigenvalue weighted by Gasteiger charge is 2.23. The van der Waals surface area contributed by atoms with E-state index in [1.165, 1.54) is 0 Å². The Bertz CT molecular complexity index is 928. The predicted molar refractivity (Wildman–Crippen MR) is 108 cm³/mol. The quantitative estimate of drug-likeness (QED) is 0.703. The Labute approximate surface area is 158 Å². The lowest BCUT2D eigenvalue weighted by atomic mass is 10.0. The van der Waals surface area contributed by atoms with Crippen LogP contribution in [0, 0.1) is 6.92 Å². The molecule has 0 atom stereocenters. The van der Waals surface area contributed by atoms with Gasteiger partial charge in [0, 0.05) is 42.5 Å². The van der Waals surface area contributed by atoms with Gasteiger partial charge >= 0.3 is 0 Å². The summed E-state index contributed by atoms with van der Waals surface area (Å²) in [5.74, 6) is 0.121. The number of carbonyl (C=O) groups excluding carboxylic acids is 1. The Morgan fingerprint density at radius 2 is 1.96 bits per heavy atom. The summed E-state index contributed by atoms with van der Waals surface area (Å²) in [6.07, 6.45) is 0. The Kier molecular flexibility index (Phi) is 4.74. The molecule has 0 saturated carbocycles. The number of amides is 1. The van der Waals surface area contributed by atoms with Crippen molar-refractivity contribution < 1.29 is 4.79 Å². The highest BCUT2D eigenvalue weighted by Crippen LogP contribution is 2.28. The maximum atomic E-state index is 13.3. The van der Waals surface area contributed by atoms with E-state index in [2.05, 4.69) is 42.3 Å². The fraction of sp³-hybridized carbons (Fsp3) is 0.333. The molecule has 0 radical (unpaired) electrons. The predicted octanol–water partition coefficient (Wildman–Crippen LogP) is 4.05. The number of hydrogen-bond acceptors (Lipinski definition) is 4. The van der Waals surface area contributed by atoms with Crippen LogP contribution in [0.3, 0.4) is 0 Å². The third-order valence-corrected chi connectivity index (χ3v) is 5.80. The van der Waals surface area contributed by atoms with Gasteiger partial charge in [0.1, 0.15) is 0 Å². The maximum absolute atomic E-state index is 13.3. The molecule has 3 aromatic rings. The zero-order chi connectivity index (χ0) is 18.1. The van der Waals surface area contributed by atoms with Crippen LogP contribution < -0.4 is 0 Å². The van der Waals surface area contributed by atoms with Gasteiger partial charge in [-0.2, -0.15) is 11.3 Å². The summed E-state index contributed by atoms with van der Waals surface area (Å²) in [5, 5.41) is 5.07. The van der Waals surface area contributed by atoms with Crippen molar-refractivity contribution in [1.29, 1.82) is 0 Å². The lowest BCUT2D eigenvalue weighted by Crippen LogP contribution is -2.48. The number of hydrogen-bond donors (Lipinski definition) is 0. The Hall–Kier alpha value is -2.24. The monoisotopic (exact) mass is 365 g/mol. The molecule has 4 rings (SSSR count). The molecular formula is C21H23N3OS. The van der Waals surface area contributed by atoms with Crippen LogP contribution >= 0.6 is 11.3 Å². The second-order valence-corrected chi connectivity index (χ2v) is 7.59. The van der Waals surface area contributed by atoms with Gasteiger partial charge in [0.25, 0.3) is 5.91 Å².